The standard InChI is InChI=1S/C27H30O10/c1-20(25(30)31)27(26(32)33,16-23(28)36-14-12-34-18-21-8-4-2-5-9-21)17-24(29)37-15-13-35-19-22-10-6-3-7-11-22/h2-11H,1,12-19H2,(H,30,31)(H,32,33)/p-2. The van der Waals surface area contributed by atoms with Gasteiger partial charge in [-0.25, -0.2) is 0 Å². The average molecular weight is 513 g/mol. The number of carbonyl (C=O) groups excluding carboxylic acids is 4. The van der Waals surface area contributed by atoms with Gasteiger partial charge >= 0.3 is 11.9 Å². The highest BCUT2D eigenvalue weighted by Crippen LogP contribution is 2.35. The minimum absolute atomic E-state index is 0.00537. The van der Waals surface area contributed by atoms with Gasteiger partial charge in [-0.2, -0.15) is 0 Å². The molecule has 0 heterocycles. The number of carboxylic acids is 2. The van der Waals surface area contributed by atoms with Crippen LogP contribution in [0.3, 0.4) is 0 Å². The monoisotopic (exact) mass is 512 g/mol. The molecule has 0 aliphatic rings. The van der Waals surface area contributed by atoms with Crippen LogP contribution in [-0.2, 0) is 51.3 Å². The predicted molar refractivity (Wildman–Crippen MR) is 125 cm³/mol. The average Bonchev–Trinajstić information content (AvgIpc) is 2.88. The number of rotatable bonds is 17. The van der Waals surface area contributed by atoms with Gasteiger partial charge in [-0.3, -0.25) is 9.59 Å². The van der Waals surface area contributed by atoms with Crippen LogP contribution >= 0.6 is 0 Å². The van der Waals surface area contributed by atoms with Gasteiger partial charge in [0, 0.05) is 0 Å². The Morgan fingerprint density at radius 1 is 0.676 bits per heavy atom. The van der Waals surface area contributed by atoms with E-state index in [0.29, 0.717) is 0 Å². The molecule has 0 unspecified atom stereocenters. The minimum Gasteiger partial charge on any atom is -0.549 e. The van der Waals surface area contributed by atoms with Crippen molar-refractivity contribution in [3.8, 4) is 0 Å². The minimum atomic E-state index is -2.62. The van der Waals surface area contributed by atoms with Crippen LogP contribution in [0.5, 0.6) is 0 Å². The predicted octanol–water partition coefficient (Wildman–Crippen LogP) is 0.329. The fourth-order valence-electron chi connectivity index (χ4n) is 3.29. The van der Waals surface area contributed by atoms with E-state index in [0.717, 1.165) is 11.1 Å². The van der Waals surface area contributed by atoms with Crippen molar-refractivity contribution in [1.82, 2.24) is 0 Å². The Bertz CT molecular complexity index is 986. The first-order valence-corrected chi connectivity index (χ1v) is 11.4. The first kappa shape index (κ1) is 29.2. The first-order chi connectivity index (χ1) is 17.7. The van der Waals surface area contributed by atoms with Gasteiger partial charge < -0.3 is 38.7 Å². The van der Waals surface area contributed by atoms with E-state index in [1.165, 1.54) is 0 Å². The van der Waals surface area contributed by atoms with E-state index in [9.17, 15) is 29.4 Å². The summed E-state index contributed by atoms with van der Waals surface area (Å²) < 4.78 is 20.7. The zero-order valence-electron chi connectivity index (χ0n) is 20.2. The summed E-state index contributed by atoms with van der Waals surface area (Å²) >= 11 is 0. The van der Waals surface area contributed by atoms with Crippen molar-refractivity contribution in [3.63, 3.8) is 0 Å². The van der Waals surface area contributed by atoms with Crippen molar-refractivity contribution < 1.29 is 48.3 Å². The SMILES string of the molecule is C=C(C(=O)[O-])C(CC(=O)OCCOCc1ccccc1)(CC(=O)OCCOCc1ccccc1)C(=O)[O-]. The van der Waals surface area contributed by atoms with Crippen LogP contribution in [0.25, 0.3) is 0 Å². The number of aliphatic carboxylic acids is 2. The van der Waals surface area contributed by atoms with Gasteiger partial charge in [-0.1, -0.05) is 67.2 Å². The number of ether oxygens (including phenoxy) is 4. The Morgan fingerprint density at radius 3 is 1.43 bits per heavy atom. The summed E-state index contributed by atoms with van der Waals surface area (Å²) in [6.45, 7) is 3.29. The Morgan fingerprint density at radius 2 is 1.08 bits per heavy atom. The Kier molecular flexibility index (Phi) is 12.0. The molecule has 0 amide bonds. The normalized spacial score (nSPS) is 10.9. The van der Waals surface area contributed by atoms with Crippen LogP contribution in [0.15, 0.2) is 72.8 Å². The number of benzene rings is 2. The topological polar surface area (TPSA) is 151 Å². The van der Waals surface area contributed by atoms with Crippen LogP contribution < -0.4 is 10.2 Å². The molecule has 0 aliphatic heterocycles. The van der Waals surface area contributed by atoms with Crippen molar-refractivity contribution in [1.29, 1.82) is 0 Å². The third-order valence-electron chi connectivity index (χ3n) is 5.31. The molecule has 0 N–H and O–H groups in total. The van der Waals surface area contributed by atoms with E-state index in [-0.39, 0.29) is 39.6 Å². The molecule has 0 spiro atoms. The molecule has 0 aliphatic carbocycles. The van der Waals surface area contributed by atoms with E-state index in [1.54, 1.807) is 0 Å². The van der Waals surface area contributed by atoms with Gasteiger partial charge in [-0.15, -0.1) is 0 Å². The zero-order chi connectivity index (χ0) is 27.1. The van der Waals surface area contributed by atoms with E-state index >= 15 is 0 Å². The maximum absolute atomic E-state index is 12.3. The quantitative estimate of drug-likeness (QED) is 0.165. The zero-order valence-corrected chi connectivity index (χ0v) is 20.2. The number of carboxylic acid groups (broad SMARTS) is 2. The van der Waals surface area contributed by atoms with Gasteiger partial charge in [0.1, 0.15) is 13.2 Å². The molecule has 2 aromatic rings. The Labute approximate surface area is 214 Å². The maximum atomic E-state index is 12.3. The number of carbonyl (C=O) groups is 4. The van der Waals surface area contributed by atoms with Gasteiger partial charge in [0.25, 0.3) is 0 Å². The summed E-state index contributed by atoms with van der Waals surface area (Å²) in [7, 11) is 0. The van der Waals surface area contributed by atoms with Crippen LogP contribution in [0.1, 0.15) is 24.0 Å². The molecular formula is C27H28O10-2. The fourth-order valence-corrected chi connectivity index (χ4v) is 3.29. The van der Waals surface area contributed by atoms with E-state index in [4.69, 9.17) is 18.9 Å². The second-order valence-corrected chi connectivity index (χ2v) is 8.01. The van der Waals surface area contributed by atoms with E-state index in [2.05, 4.69) is 6.58 Å². The number of hydrogen-bond acceptors (Lipinski definition) is 10. The lowest BCUT2D eigenvalue weighted by atomic mass is 9.75. The highest BCUT2D eigenvalue weighted by molar-refractivity contribution is 5.99. The molecule has 0 aromatic heterocycles. The van der Waals surface area contributed by atoms with Crippen LogP contribution in [-0.4, -0.2) is 50.3 Å². The molecule has 37 heavy (non-hydrogen) atoms. The summed E-state index contributed by atoms with van der Waals surface area (Å²) in [5, 5.41) is 23.4. The lowest BCUT2D eigenvalue weighted by Gasteiger charge is -2.35. The third kappa shape index (κ3) is 9.86. The van der Waals surface area contributed by atoms with Crippen molar-refractivity contribution in [2.24, 2.45) is 5.41 Å². The van der Waals surface area contributed by atoms with Crippen molar-refractivity contribution >= 4 is 23.9 Å². The highest BCUT2D eigenvalue weighted by Gasteiger charge is 2.41. The fraction of sp³-hybridized carbons (Fsp3) is 0.333. The van der Waals surface area contributed by atoms with Gasteiger partial charge in [0.05, 0.1) is 56.6 Å². The first-order valence-electron chi connectivity index (χ1n) is 11.4. The lowest BCUT2D eigenvalue weighted by Crippen LogP contribution is -2.50. The summed E-state index contributed by atoms with van der Waals surface area (Å²) in [5.41, 5.74) is -1.83. The molecule has 198 valence electrons. The molecule has 0 fully saturated rings. The maximum Gasteiger partial charge on any atom is 0.307 e. The molecule has 0 bridgehead atoms. The lowest BCUT2D eigenvalue weighted by molar-refractivity contribution is -0.322. The van der Waals surface area contributed by atoms with Gasteiger partial charge in [0.2, 0.25) is 0 Å². The van der Waals surface area contributed by atoms with E-state index in [1.807, 2.05) is 60.7 Å². The van der Waals surface area contributed by atoms with Gasteiger partial charge in [0.15, 0.2) is 0 Å². The third-order valence-corrected chi connectivity index (χ3v) is 5.31. The second-order valence-electron chi connectivity index (χ2n) is 8.01. The molecule has 0 saturated heterocycles. The molecule has 10 heteroatoms. The van der Waals surface area contributed by atoms with Gasteiger partial charge in [-0.05, 0) is 16.7 Å². The van der Waals surface area contributed by atoms with Crippen LogP contribution in [0.4, 0.5) is 0 Å². The Balaban J connectivity index is 1.87. The molecule has 2 rings (SSSR count). The molecule has 10 nitrogen and oxygen atoms in total. The summed E-state index contributed by atoms with van der Waals surface area (Å²) in [5.74, 6) is -6.14. The smallest absolute Gasteiger partial charge is 0.307 e. The van der Waals surface area contributed by atoms with Crippen molar-refractivity contribution in [2.45, 2.75) is 26.1 Å². The second kappa shape index (κ2) is 15.2. The Hall–Kier alpha value is -4.02. The highest BCUT2D eigenvalue weighted by atomic mass is 16.6. The largest absolute Gasteiger partial charge is 0.549 e. The van der Waals surface area contributed by atoms with Crippen LogP contribution in [0.2, 0.25) is 0 Å². The van der Waals surface area contributed by atoms with Crippen molar-refractivity contribution in [2.75, 3.05) is 26.4 Å². The van der Waals surface area contributed by atoms with Crippen LogP contribution in [0, 0.1) is 5.41 Å². The molecule has 0 saturated carbocycles. The molecular weight excluding hydrogens is 484 g/mol. The summed E-state index contributed by atoms with van der Waals surface area (Å²) in [4.78, 5) is 48.1. The number of hydrogen-bond donors (Lipinski definition) is 0. The van der Waals surface area contributed by atoms with E-state index < -0.39 is 47.7 Å². The summed E-state index contributed by atoms with van der Waals surface area (Å²) in [6, 6.07) is 18.4. The molecule has 2 aromatic carbocycles. The summed E-state index contributed by atoms with van der Waals surface area (Å²) in [6.07, 6.45) is -2.05. The number of esters is 2. The molecule has 0 atom stereocenters. The van der Waals surface area contributed by atoms with Crippen molar-refractivity contribution in [3.05, 3.63) is 83.9 Å². The molecule has 0 radical (unpaired) electrons.